The zero-order valence-electron chi connectivity index (χ0n) is 32.1. The Morgan fingerprint density at radius 3 is 1.26 bits per heavy atom. The SMILES string of the molecule is CCCCCCCCCCCCCCCCCCCCCCC=CC(CC(=O)OCCN(CCO)CCO)C(=O)OCCN(CCO)CCO. The van der Waals surface area contributed by atoms with Gasteiger partial charge in [-0.15, -0.1) is 0 Å². The van der Waals surface area contributed by atoms with Gasteiger partial charge in [0.1, 0.15) is 13.2 Å². The highest BCUT2D eigenvalue weighted by molar-refractivity contribution is 5.81. The molecule has 0 rings (SSSR count). The molecular formula is C40H78N2O8. The van der Waals surface area contributed by atoms with E-state index in [1.54, 1.807) is 15.9 Å². The molecule has 50 heavy (non-hydrogen) atoms. The van der Waals surface area contributed by atoms with Gasteiger partial charge in [-0.05, 0) is 12.8 Å². The van der Waals surface area contributed by atoms with E-state index in [9.17, 15) is 19.8 Å². The van der Waals surface area contributed by atoms with Gasteiger partial charge in [0, 0.05) is 39.3 Å². The number of aliphatic hydroxyl groups is 4. The molecule has 0 aromatic rings. The van der Waals surface area contributed by atoms with Gasteiger partial charge in [-0.3, -0.25) is 19.4 Å². The van der Waals surface area contributed by atoms with Crippen molar-refractivity contribution in [1.82, 2.24) is 9.80 Å². The summed E-state index contributed by atoms with van der Waals surface area (Å²) in [7, 11) is 0. The minimum Gasteiger partial charge on any atom is -0.464 e. The molecule has 296 valence electrons. The van der Waals surface area contributed by atoms with Crippen molar-refractivity contribution >= 4 is 11.9 Å². The van der Waals surface area contributed by atoms with Crippen molar-refractivity contribution in [3.8, 4) is 0 Å². The zero-order chi connectivity index (χ0) is 36.8. The van der Waals surface area contributed by atoms with E-state index < -0.39 is 17.9 Å². The van der Waals surface area contributed by atoms with E-state index in [1.807, 2.05) is 6.08 Å². The van der Waals surface area contributed by atoms with Crippen molar-refractivity contribution in [1.29, 1.82) is 0 Å². The molecular weight excluding hydrogens is 636 g/mol. The maximum Gasteiger partial charge on any atom is 0.313 e. The average Bonchev–Trinajstić information content (AvgIpc) is 3.10. The molecule has 10 nitrogen and oxygen atoms in total. The van der Waals surface area contributed by atoms with Gasteiger partial charge in [-0.25, -0.2) is 0 Å². The summed E-state index contributed by atoms with van der Waals surface area (Å²) in [5.41, 5.74) is 0. The Balaban J connectivity index is 4.25. The van der Waals surface area contributed by atoms with Crippen LogP contribution in [-0.4, -0.2) is 121 Å². The molecule has 0 aliphatic rings. The summed E-state index contributed by atoms with van der Waals surface area (Å²) in [4.78, 5) is 29.1. The Bertz CT molecular complexity index is 758. The quantitative estimate of drug-likeness (QED) is 0.0321. The molecule has 0 spiro atoms. The van der Waals surface area contributed by atoms with Crippen LogP contribution in [0, 0.1) is 5.92 Å². The molecule has 0 aromatic heterocycles. The van der Waals surface area contributed by atoms with E-state index in [4.69, 9.17) is 19.7 Å². The number of ether oxygens (including phenoxy) is 2. The van der Waals surface area contributed by atoms with E-state index in [1.165, 1.54) is 116 Å². The minimum atomic E-state index is -0.761. The van der Waals surface area contributed by atoms with Gasteiger partial charge in [0.15, 0.2) is 0 Å². The highest BCUT2D eigenvalue weighted by atomic mass is 16.5. The third kappa shape index (κ3) is 32.4. The average molecular weight is 715 g/mol. The van der Waals surface area contributed by atoms with Crippen molar-refractivity contribution in [3.05, 3.63) is 12.2 Å². The Kier molecular flexibility index (Phi) is 37.5. The van der Waals surface area contributed by atoms with Crippen LogP contribution in [0.2, 0.25) is 0 Å². The Morgan fingerprint density at radius 1 is 0.520 bits per heavy atom. The number of aliphatic hydroxyl groups excluding tert-OH is 4. The fourth-order valence-corrected chi connectivity index (χ4v) is 6.15. The summed E-state index contributed by atoms with van der Waals surface area (Å²) in [6.07, 6.45) is 31.3. The highest BCUT2D eigenvalue weighted by Gasteiger charge is 2.22. The van der Waals surface area contributed by atoms with Gasteiger partial charge >= 0.3 is 11.9 Å². The number of hydrogen-bond donors (Lipinski definition) is 4. The number of hydrogen-bond acceptors (Lipinski definition) is 10. The molecule has 0 bridgehead atoms. The first-order valence-corrected chi connectivity index (χ1v) is 20.4. The molecule has 0 radical (unpaired) electrons. The van der Waals surface area contributed by atoms with Gasteiger partial charge in [-0.2, -0.15) is 0 Å². The number of nitrogens with zero attached hydrogens (tertiary/aromatic N) is 2. The third-order valence-electron chi connectivity index (χ3n) is 9.27. The van der Waals surface area contributed by atoms with E-state index in [0.29, 0.717) is 39.3 Å². The first kappa shape index (κ1) is 48.4. The number of unbranched alkanes of at least 4 members (excludes halogenated alkanes) is 20. The van der Waals surface area contributed by atoms with Crippen LogP contribution < -0.4 is 0 Å². The first-order chi connectivity index (χ1) is 24.5. The Morgan fingerprint density at radius 2 is 0.880 bits per heavy atom. The summed E-state index contributed by atoms with van der Waals surface area (Å²) < 4.78 is 10.8. The van der Waals surface area contributed by atoms with Crippen LogP contribution in [0.15, 0.2) is 12.2 Å². The molecule has 0 aromatic carbocycles. The number of rotatable bonds is 39. The summed E-state index contributed by atoms with van der Waals surface area (Å²) in [6, 6.07) is 0. The lowest BCUT2D eigenvalue weighted by molar-refractivity contribution is -0.154. The Hall–Kier alpha value is -1.56. The van der Waals surface area contributed by atoms with Crippen molar-refractivity contribution in [2.24, 2.45) is 5.92 Å². The molecule has 10 heteroatoms. The second-order valence-electron chi connectivity index (χ2n) is 13.7. The molecule has 0 amide bonds. The normalized spacial score (nSPS) is 12.4. The van der Waals surface area contributed by atoms with Gasteiger partial charge in [0.05, 0.1) is 38.8 Å². The van der Waals surface area contributed by atoms with Crippen molar-refractivity contribution in [2.45, 2.75) is 148 Å². The predicted octanol–water partition coefficient (Wildman–Crippen LogP) is 6.42. The maximum absolute atomic E-state index is 12.9. The van der Waals surface area contributed by atoms with Crippen molar-refractivity contribution in [3.63, 3.8) is 0 Å². The van der Waals surface area contributed by atoms with Crippen LogP contribution in [0.25, 0.3) is 0 Å². The van der Waals surface area contributed by atoms with Gasteiger partial charge in [0.25, 0.3) is 0 Å². The number of carbonyl (C=O) groups is 2. The van der Waals surface area contributed by atoms with Crippen LogP contribution in [0.5, 0.6) is 0 Å². The van der Waals surface area contributed by atoms with E-state index in [-0.39, 0.29) is 46.1 Å². The van der Waals surface area contributed by atoms with Gasteiger partial charge < -0.3 is 29.9 Å². The summed E-state index contributed by atoms with van der Waals surface area (Å²) in [5, 5.41) is 36.7. The standard InChI is InChI=1S/C40H78N2O8/c1-2-3-4-5-6-7-8-9-10-11-12-13-14-15-16-17-18-19-20-21-22-23-24-38(40(48)50-36-30-42(27-33-45)28-34-46)37-39(47)49-35-29-41(25-31-43)26-32-44/h23-24,38,43-46H,2-22,25-37H2,1H3. The molecule has 4 N–H and O–H groups in total. The summed E-state index contributed by atoms with van der Waals surface area (Å²) >= 11 is 0. The predicted molar refractivity (Wildman–Crippen MR) is 203 cm³/mol. The van der Waals surface area contributed by atoms with Crippen molar-refractivity contribution in [2.75, 3.05) is 78.9 Å². The second kappa shape index (κ2) is 38.7. The van der Waals surface area contributed by atoms with Crippen LogP contribution in [0.3, 0.4) is 0 Å². The lowest BCUT2D eigenvalue weighted by Gasteiger charge is -2.21. The fraction of sp³-hybridized carbons (Fsp3) is 0.900. The molecule has 0 heterocycles. The van der Waals surface area contributed by atoms with Gasteiger partial charge in [0.2, 0.25) is 0 Å². The van der Waals surface area contributed by atoms with Crippen LogP contribution in [0.1, 0.15) is 148 Å². The van der Waals surface area contributed by atoms with Crippen molar-refractivity contribution < 1.29 is 39.5 Å². The monoisotopic (exact) mass is 715 g/mol. The fourth-order valence-electron chi connectivity index (χ4n) is 6.15. The largest absolute Gasteiger partial charge is 0.464 e. The highest BCUT2D eigenvalue weighted by Crippen LogP contribution is 2.16. The lowest BCUT2D eigenvalue weighted by Crippen LogP contribution is -2.34. The smallest absolute Gasteiger partial charge is 0.313 e. The molecule has 1 unspecified atom stereocenters. The molecule has 0 aliphatic heterocycles. The van der Waals surface area contributed by atoms with Crippen LogP contribution >= 0.6 is 0 Å². The summed E-state index contributed by atoms with van der Waals surface area (Å²) in [6.45, 7) is 4.49. The van der Waals surface area contributed by atoms with Crippen LogP contribution in [-0.2, 0) is 19.1 Å². The maximum atomic E-state index is 12.9. The molecule has 1 atom stereocenters. The topological polar surface area (TPSA) is 140 Å². The third-order valence-corrected chi connectivity index (χ3v) is 9.27. The Labute approximate surface area is 306 Å². The number of allylic oxidation sites excluding steroid dienone is 1. The first-order valence-electron chi connectivity index (χ1n) is 20.4. The van der Waals surface area contributed by atoms with E-state index >= 15 is 0 Å². The molecule has 0 saturated heterocycles. The number of carbonyl (C=O) groups excluding carboxylic acids is 2. The molecule has 0 fully saturated rings. The van der Waals surface area contributed by atoms with E-state index in [0.717, 1.165) is 19.3 Å². The molecule has 0 saturated carbocycles. The van der Waals surface area contributed by atoms with Crippen LogP contribution in [0.4, 0.5) is 0 Å². The second-order valence-corrected chi connectivity index (χ2v) is 13.7. The number of esters is 2. The zero-order valence-corrected chi connectivity index (χ0v) is 32.1. The lowest BCUT2D eigenvalue weighted by atomic mass is 10.0. The van der Waals surface area contributed by atoms with Gasteiger partial charge in [-0.1, -0.05) is 141 Å². The van der Waals surface area contributed by atoms with E-state index in [2.05, 4.69) is 6.92 Å². The minimum absolute atomic E-state index is 0.0553. The summed E-state index contributed by atoms with van der Waals surface area (Å²) in [5.74, 6) is -1.77. The molecule has 0 aliphatic carbocycles.